The zero-order valence-corrected chi connectivity index (χ0v) is 6.67. The van der Waals surface area contributed by atoms with Crippen molar-refractivity contribution in [2.75, 3.05) is 0 Å². The molecule has 0 spiro atoms. The molecule has 0 bridgehead atoms. The highest BCUT2D eigenvalue weighted by atomic mass is 31.1. The van der Waals surface area contributed by atoms with Crippen molar-refractivity contribution in [1.82, 2.24) is 0 Å². The van der Waals surface area contributed by atoms with Crippen LogP contribution in [-0.2, 0) is 6.42 Å². The van der Waals surface area contributed by atoms with E-state index >= 15 is 0 Å². The maximum absolute atomic E-state index is 2.27. The molecule has 0 amide bonds. The van der Waals surface area contributed by atoms with Crippen molar-refractivity contribution >= 4 is 13.9 Å². The lowest BCUT2D eigenvalue weighted by Gasteiger charge is -2.08. The van der Waals surface area contributed by atoms with E-state index in [4.69, 9.17) is 0 Å². The molecule has 0 saturated carbocycles. The fraction of sp³-hybridized carbons (Fsp3) is 0.111. The highest BCUT2D eigenvalue weighted by Gasteiger charge is 2.00. The van der Waals surface area contributed by atoms with E-state index in [-0.39, 0.29) is 0 Å². The molecular weight excluding hydrogens is 139 g/mol. The topological polar surface area (TPSA) is 0 Å². The Kier molecular flexibility index (Phi) is 1.56. The normalized spacial score (nSPS) is 17.2. The highest BCUT2D eigenvalue weighted by molar-refractivity contribution is 7.50. The summed E-state index contributed by atoms with van der Waals surface area (Å²) in [5.41, 5.74) is 1.50. The summed E-state index contributed by atoms with van der Waals surface area (Å²) in [5.74, 6) is 2.27. The van der Waals surface area contributed by atoms with Crippen LogP contribution >= 0.6 is 8.58 Å². The zero-order valence-electron chi connectivity index (χ0n) is 5.67. The summed E-state index contributed by atoms with van der Waals surface area (Å²) < 4.78 is 0. The van der Waals surface area contributed by atoms with Gasteiger partial charge in [0.25, 0.3) is 0 Å². The Morgan fingerprint density at radius 3 is 3.00 bits per heavy atom. The Labute approximate surface area is 62.7 Å². The van der Waals surface area contributed by atoms with Crippen LogP contribution in [0.4, 0.5) is 0 Å². The van der Waals surface area contributed by atoms with Crippen molar-refractivity contribution in [2.45, 2.75) is 6.42 Å². The molecule has 0 fully saturated rings. The van der Waals surface area contributed by atoms with Gasteiger partial charge in [0.2, 0.25) is 0 Å². The van der Waals surface area contributed by atoms with Gasteiger partial charge in [0.05, 0.1) is 0 Å². The van der Waals surface area contributed by atoms with Crippen LogP contribution in [0.25, 0.3) is 0 Å². The number of benzene rings is 1. The van der Waals surface area contributed by atoms with Gasteiger partial charge >= 0.3 is 0 Å². The number of rotatable bonds is 0. The van der Waals surface area contributed by atoms with Gasteiger partial charge in [-0.15, -0.1) is 0 Å². The van der Waals surface area contributed by atoms with Crippen LogP contribution in [-0.4, -0.2) is 0 Å². The minimum absolute atomic E-state index is 0.892. The summed E-state index contributed by atoms with van der Waals surface area (Å²) >= 11 is 0. The molecule has 1 heterocycles. The number of fused-ring (bicyclic) bond motifs is 1. The smallest absolute Gasteiger partial charge is 0.00876 e. The molecule has 50 valence electrons. The van der Waals surface area contributed by atoms with E-state index in [1.54, 1.807) is 0 Å². The lowest BCUT2D eigenvalue weighted by molar-refractivity contribution is 1.29. The zero-order chi connectivity index (χ0) is 6.81. The Morgan fingerprint density at radius 1 is 1.20 bits per heavy atom. The first kappa shape index (κ1) is 6.12. The van der Waals surface area contributed by atoms with Gasteiger partial charge in [0.15, 0.2) is 0 Å². The maximum atomic E-state index is 2.27. The molecule has 0 aliphatic carbocycles. The van der Waals surface area contributed by atoms with E-state index in [0.29, 0.717) is 0 Å². The molecule has 0 aromatic heterocycles. The molecule has 10 heavy (non-hydrogen) atoms. The standard InChI is InChI=1S/C9H9P/c1-2-6-9-8(4-1)5-3-7-10-9/h1-4,6-7,10H,5H2. The van der Waals surface area contributed by atoms with Crippen LogP contribution in [0, 0.1) is 0 Å². The Morgan fingerprint density at radius 2 is 2.10 bits per heavy atom. The molecule has 1 aliphatic rings. The number of allylic oxidation sites excluding steroid dienone is 1. The lowest BCUT2D eigenvalue weighted by Crippen LogP contribution is -2.03. The predicted molar refractivity (Wildman–Crippen MR) is 47.2 cm³/mol. The van der Waals surface area contributed by atoms with E-state index < -0.39 is 0 Å². The largest absolute Gasteiger partial charge is 0.0796 e. The van der Waals surface area contributed by atoms with Gasteiger partial charge in [-0.2, -0.15) is 0 Å². The predicted octanol–water partition coefficient (Wildman–Crippen LogP) is 2.06. The molecule has 0 nitrogen and oxygen atoms in total. The van der Waals surface area contributed by atoms with E-state index in [9.17, 15) is 0 Å². The molecule has 1 atom stereocenters. The van der Waals surface area contributed by atoms with E-state index in [1.165, 1.54) is 10.9 Å². The van der Waals surface area contributed by atoms with E-state index in [0.717, 1.165) is 15.0 Å². The molecule has 1 aromatic carbocycles. The first-order chi connectivity index (χ1) is 4.97. The summed E-state index contributed by atoms with van der Waals surface area (Å²) in [6.07, 6.45) is 3.38. The lowest BCUT2D eigenvalue weighted by atomic mass is 10.1. The Hall–Kier alpha value is -0.610. The third-order valence-corrected chi connectivity index (χ3v) is 2.91. The Balaban J connectivity index is 2.47. The van der Waals surface area contributed by atoms with Gasteiger partial charge in [-0.1, -0.05) is 44.7 Å². The molecule has 1 aliphatic heterocycles. The summed E-state index contributed by atoms with van der Waals surface area (Å²) in [6, 6.07) is 8.66. The van der Waals surface area contributed by atoms with Gasteiger partial charge in [0, 0.05) is 0 Å². The monoisotopic (exact) mass is 148 g/mol. The number of hydrogen-bond acceptors (Lipinski definition) is 0. The van der Waals surface area contributed by atoms with Crippen LogP contribution in [0.15, 0.2) is 36.2 Å². The van der Waals surface area contributed by atoms with E-state index in [1.807, 2.05) is 0 Å². The second-order valence-electron chi connectivity index (χ2n) is 2.41. The summed E-state index contributed by atoms with van der Waals surface area (Å²) in [4.78, 5) is 0. The van der Waals surface area contributed by atoms with Crippen LogP contribution < -0.4 is 5.30 Å². The second kappa shape index (κ2) is 2.56. The Bertz CT molecular complexity index is 236. The molecular formula is C9H9P. The van der Waals surface area contributed by atoms with Crippen molar-refractivity contribution in [3.8, 4) is 0 Å². The van der Waals surface area contributed by atoms with Crippen LogP contribution in [0.2, 0.25) is 0 Å². The fourth-order valence-electron chi connectivity index (χ4n) is 1.17. The van der Waals surface area contributed by atoms with Gasteiger partial charge in [-0.25, -0.2) is 0 Å². The average molecular weight is 148 g/mol. The minimum atomic E-state index is 0.892. The third kappa shape index (κ3) is 0.998. The van der Waals surface area contributed by atoms with Crippen molar-refractivity contribution in [1.29, 1.82) is 0 Å². The molecule has 0 saturated heterocycles. The number of hydrogen-bond donors (Lipinski definition) is 0. The molecule has 1 aromatic rings. The maximum Gasteiger partial charge on any atom is -0.00876 e. The van der Waals surface area contributed by atoms with Crippen LogP contribution in [0.5, 0.6) is 0 Å². The quantitative estimate of drug-likeness (QED) is 0.494. The molecule has 0 radical (unpaired) electrons. The molecule has 1 unspecified atom stereocenters. The third-order valence-electron chi connectivity index (χ3n) is 1.71. The van der Waals surface area contributed by atoms with Gasteiger partial charge in [0.1, 0.15) is 0 Å². The van der Waals surface area contributed by atoms with Crippen molar-refractivity contribution in [2.24, 2.45) is 0 Å². The highest BCUT2D eigenvalue weighted by Crippen LogP contribution is 2.20. The fourth-order valence-corrected chi connectivity index (χ4v) is 2.15. The van der Waals surface area contributed by atoms with Gasteiger partial charge in [-0.3, -0.25) is 0 Å². The second-order valence-corrected chi connectivity index (χ2v) is 3.57. The summed E-state index contributed by atoms with van der Waals surface area (Å²) in [7, 11) is 0.892. The molecule has 0 N–H and O–H groups in total. The van der Waals surface area contributed by atoms with Gasteiger partial charge in [-0.05, 0) is 17.3 Å². The van der Waals surface area contributed by atoms with Crippen LogP contribution in [0.1, 0.15) is 5.56 Å². The molecule has 2 rings (SSSR count). The summed E-state index contributed by atoms with van der Waals surface area (Å²) in [6.45, 7) is 0. The molecule has 1 heteroatoms. The average Bonchev–Trinajstić information content (AvgIpc) is 2.05. The first-order valence-corrected chi connectivity index (χ1v) is 4.54. The van der Waals surface area contributed by atoms with Crippen molar-refractivity contribution in [3.05, 3.63) is 41.7 Å². The van der Waals surface area contributed by atoms with Crippen molar-refractivity contribution < 1.29 is 0 Å². The minimum Gasteiger partial charge on any atom is -0.0796 e. The van der Waals surface area contributed by atoms with Gasteiger partial charge < -0.3 is 0 Å². The first-order valence-electron chi connectivity index (χ1n) is 3.46. The van der Waals surface area contributed by atoms with Crippen molar-refractivity contribution in [3.63, 3.8) is 0 Å². The van der Waals surface area contributed by atoms with Crippen LogP contribution in [0.3, 0.4) is 0 Å². The summed E-state index contributed by atoms with van der Waals surface area (Å²) in [5, 5.41) is 1.52. The van der Waals surface area contributed by atoms with E-state index in [2.05, 4.69) is 36.2 Å². The SMILES string of the molecule is C1=CPc2ccccc2C1.